The Labute approximate surface area is 202 Å². The fourth-order valence-corrected chi connectivity index (χ4v) is 3.93. The van der Waals surface area contributed by atoms with E-state index in [4.69, 9.17) is 10.8 Å². The van der Waals surface area contributed by atoms with Crippen molar-refractivity contribution in [1.29, 1.82) is 0 Å². The highest BCUT2D eigenvalue weighted by Gasteiger charge is 2.23. The molecule has 7 heteroatoms. The summed E-state index contributed by atoms with van der Waals surface area (Å²) in [6.45, 7) is 4.71. The van der Waals surface area contributed by atoms with E-state index >= 15 is 0 Å². The molecule has 0 unspecified atom stereocenters. The Morgan fingerprint density at radius 3 is 1.58 bits per heavy atom. The van der Waals surface area contributed by atoms with Gasteiger partial charge < -0.3 is 21.5 Å². The van der Waals surface area contributed by atoms with Crippen LogP contribution in [0.2, 0.25) is 0 Å². The first-order valence-electron chi connectivity index (χ1n) is 13.4. The largest absolute Gasteiger partial charge is 0.480 e. The summed E-state index contributed by atoms with van der Waals surface area (Å²) in [7, 11) is 0. The molecule has 0 saturated heterocycles. The summed E-state index contributed by atoms with van der Waals surface area (Å²) in [5.74, 6) is -2.11. The molecule has 33 heavy (non-hydrogen) atoms. The zero-order chi connectivity index (χ0) is 24.7. The fraction of sp³-hybridized carbons (Fsp3) is 0.885. The van der Waals surface area contributed by atoms with Gasteiger partial charge in [0.2, 0.25) is 11.8 Å². The fourth-order valence-electron chi connectivity index (χ4n) is 3.93. The predicted molar refractivity (Wildman–Crippen MR) is 135 cm³/mol. The van der Waals surface area contributed by atoms with Crippen LogP contribution < -0.4 is 16.4 Å². The monoisotopic (exact) mass is 469 g/mol. The highest BCUT2D eigenvalue weighted by Crippen LogP contribution is 2.13. The van der Waals surface area contributed by atoms with Crippen molar-refractivity contribution in [2.75, 3.05) is 6.54 Å². The number of aliphatic carboxylic acids is 1. The minimum absolute atomic E-state index is 0.00223. The lowest BCUT2D eigenvalue weighted by atomic mass is 10.0. The summed E-state index contributed by atoms with van der Waals surface area (Å²) in [4.78, 5) is 34.2. The van der Waals surface area contributed by atoms with Crippen LogP contribution in [-0.4, -0.2) is 41.5 Å². The molecule has 0 fully saturated rings. The third-order valence-electron chi connectivity index (χ3n) is 6.17. The van der Waals surface area contributed by atoms with Crippen LogP contribution in [-0.2, 0) is 14.4 Å². The van der Waals surface area contributed by atoms with Gasteiger partial charge >= 0.3 is 5.97 Å². The first-order chi connectivity index (χ1) is 15.9. The van der Waals surface area contributed by atoms with Crippen molar-refractivity contribution >= 4 is 17.8 Å². The van der Waals surface area contributed by atoms with E-state index in [-0.39, 0.29) is 18.7 Å². The third kappa shape index (κ3) is 20.7. The van der Waals surface area contributed by atoms with Gasteiger partial charge in [-0.25, -0.2) is 4.79 Å². The summed E-state index contributed by atoms with van der Waals surface area (Å²) >= 11 is 0. The van der Waals surface area contributed by atoms with Crippen molar-refractivity contribution in [3.05, 3.63) is 0 Å². The molecule has 2 atom stereocenters. The van der Waals surface area contributed by atoms with Crippen molar-refractivity contribution in [3.63, 3.8) is 0 Å². The van der Waals surface area contributed by atoms with Crippen LogP contribution in [0, 0.1) is 0 Å². The summed E-state index contributed by atoms with van der Waals surface area (Å²) in [5, 5.41) is 14.8. The van der Waals surface area contributed by atoms with Gasteiger partial charge in [0.15, 0.2) is 0 Å². The lowest BCUT2D eigenvalue weighted by Gasteiger charge is -2.18. The molecule has 7 nitrogen and oxygen atoms in total. The molecule has 0 spiro atoms. The first-order valence-corrected chi connectivity index (χ1v) is 13.4. The van der Waals surface area contributed by atoms with E-state index < -0.39 is 24.0 Å². The molecule has 0 aromatic rings. The van der Waals surface area contributed by atoms with E-state index in [0.717, 1.165) is 19.4 Å². The van der Waals surface area contributed by atoms with Crippen LogP contribution in [0.15, 0.2) is 0 Å². The number of amides is 2. The van der Waals surface area contributed by atoms with Gasteiger partial charge in [-0.05, 0) is 26.3 Å². The molecule has 0 radical (unpaired) electrons. The Hall–Kier alpha value is -1.63. The van der Waals surface area contributed by atoms with E-state index in [9.17, 15) is 14.4 Å². The standard InChI is InChI=1S/C26H51N3O4/c1-3-4-5-6-7-8-9-10-11-12-13-14-15-16-17-18-21-28-22(2)25(31)29-23(26(32)33)19-20-24(27)30/h22-23,28H,3-21H2,1-2H3,(H2,27,30)(H,29,31)(H,32,33)/t22-,23+/m1/s1. The van der Waals surface area contributed by atoms with Crippen LogP contribution in [0.25, 0.3) is 0 Å². The summed E-state index contributed by atoms with van der Waals surface area (Å²) < 4.78 is 0. The van der Waals surface area contributed by atoms with Crippen LogP contribution in [0.3, 0.4) is 0 Å². The highest BCUT2D eigenvalue weighted by molar-refractivity contribution is 5.87. The van der Waals surface area contributed by atoms with Crippen molar-refractivity contribution in [2.24, 2.45) is 5.73 Å². The molecular weight excluding hydrogens is 418 g/mol. The average molecular weight is 470 g/mol. The molecule has 0 rings (SSSR count). The molecule has 0 aliphatic rings. The number of hydrogen-bond donors (Lipinski definition) is 4. The molecule has 0 saturated carbocycles. The van der Waals surface area contributed by atoms with Crippen LogP contribution in [0.4, 0.5) is 0 Å². The zero-order valence-electron chi connectivity index (χ0n) is 21.3. The molecule has 0 heterocycles. The third-order valence-corrected chi connectivity index (χ3v) is 6.17. The van der Waals surface area contributed by atoms with E-state index in [1.54, 1.807) is 6.92 Å². The number of hydrogen-bond acceptors (Lipinski definition) is 4. The summed E-state index contributed by atoms with van der Waals surface area (Å²) in [6.07, 6.45) is 21.1. The normalized spacial score (nSPS) is 12.9. The topological polar surface area (TPSA) is 122 Å². The molecule has 5 N–H and O–H groups in total. The van der Waals surface area contributed by atoms with Gasteiger partial charge in [0.1, 0.15) is 6.04 Å². The van der Waals surface area contributed by atoms with Crippen molar-refractivity contribution in [2.45, 2.75) is 142 Å². The number of carbonyl (C=O) groups is 3. The number of carbonyl (C=O) groups excluding carboxylic acids is 2. The lowest BCUT2D eigenvalue weighted by Crippen LogP contribution is -2.49. The maximum Gasteiger partial charge on any atom is 0.326 e. The molecule has 0 bridgehead atoms. The van der Waals surface area contributed by atoms with E-state index in [1.165, 1.54) is 89.9 Å². The Kier molecular flexibility index (Phi) is 21.1. The molecule has 0 aromatic heterocycles. The molecule has 0 aliphatic carbocycles. The van der Waals surface area contributed by atoms with Gasteiger partial charge in [0, 0.05) is 6.42 Å². The second-order valence-corrected chi connectivity index (χ2v) is 9.38. The van der Waals surface area contributed by atoms with Gasteiger partial charge in [-0.3, -0.25) is 9.59 Å². The minimum atomic E-state index is -1.16. The summed E-state index contributed by atoms with van der Waals surface area (Å²) in [5.41, 5.74) is 5.05. The number of carboxylic acids is 1. The smallest absolute Gasteiger partial charge is 0.326 e. The highest BCUT2D eigenvalue weighted by atomic mass is 16.4. The van der Waals surface area contributed by atoms with E-state index in [2.05, 4.69) is 17.6 Å². The van der Waals surface area contributed by atoms with E-state index in [0.29, 0.717) is 0 Å². The molecule has 194 valence electrons. The molecule has 0 aromatic carbocycles. The van der Waals surface area contributed by atoms with Gasteiger partial charge in [0.05, 0.1) is 6.04 Å². The Morgan fingerprint density at radius 2 is 1.18 bits per heavy atom. The number of carboxylic acid groups (broad SMARTS) is 1. The number of unbranched alkanes of at least 4 members (excludes halogenated alkanes) is 15. The average Bonchev–Trinajstić information content (AvgIpc) is 2.77. The number of rotatable bonds is 24. The first kappa shape index (κ1) is 31.4. The summed E-state index contributed by atoms with van der Waals surface area (Å²) in [6, 6.07) is -1.57. The van der Waals surface area contributed by atoms with Gasteiger partial charge in [-0.15, -0.1) is 0 Å². The SMILES string of the molecule is CCCCCCCCCCCCCCCCCCN[C@H](C)C(=O)N[C@@H](CCC(N)=O)C(=O)O. The van der Waals surface area contributed by atoms with E-state index in [1.807, 2.05) is 0 Å². The minimum Gasteiger partial charge on any atom is -0.480 e. The van der Waals surface area contributed by atoms with Gasteiger partial charge in [-0.2, -0.15) is 0 Å². The van der Waals surface area contributed by atoms with Crippen LogP contribution >= 0.6 is 0 Å². The maximum absolute atomic E-state index is 12.2. The van der Waals surface area contributed by atoms with Gasteiger partial charge in [-0.1, -0.05) is 103 Å². The molecule has 2 amide bonds. The van der Waals surface area contributed by atoms with Crippen LogP contribution in [0.1, 0.15) is 129 Å². The zero-order valence-corrected chi connectivity index (χ0v) is 21.3. The van der Waals surface area contributed by atoms with Gasteiger partial charge in [0.25, 0.3) is 0 Å². The molecular formula is C26H51N3O4. The Balaban J connectivity index is 3.53. The Morgan fingerprint density at radius 1 is 0.758 bits per heavy atom. The number of nitrogens with two attached hydrogens (primary N) is 1. The van der Waals surface area contributed by atoms with Crippen LogP contribution in [0.5, 0.6) is 0 Å². The lowest BCUT2D eigenvalue weighted by molar-refractivity contribution is -0.142. The Bertz CT molecular complexity index is 514. The number of nitrogens with one attached hydrogen (secondary N) is 2. The second-order valence-electron chi connectivity index (χ2n) is 9.38. The van der Waals surface area contributed by atoms with Crippen molar-refractivity contribution in [3.8, 4) is 0 Å². The van der Waals surface area contributed by atoms with Crippen molar-refractivity contribution in [1.82, 2.24) is 10.6 Å². The molecule has 0 aliphatic heterocycles. The number of primary amides is 1. The van der Waals surface area contributed by atoms with Crippen molar-refractivity contribution < 1.29 is 19.5 Å². The predicted octanol–water partition coefficient (Wildman–Crippen LogP) is 5.06. The quantitative estimate of drug-likeness (QED) is 0.147. The maximum atomic E-state index is 12.2. The second kappa shape index (κ2) is 22.2.